The summed E-state index contributed by atoms with van der Waals surface area (Å²) in [6, 6.07) is 6.57. The minimum atomic E-state index is -3.10. The molecule has 0 spiro atoms. The van der Waals surface area contributed by atoms with Gasteiger partial charge in [-0.3, -0.25) is 15.0 Å². The van der Waals surface area contributed by atoms with E-state index in [0.29, 0.717) is 16.3 Å². The molecule has 1 aromatic carbocycles. The number of hydrogen-bond acceptors (Lipinski definition) is 7. The standard InChI is InChI=1S/C19H25N3O4S2/c1-13-8-22(9-14(2)26-13)10-17-11-27-19(20-17)21-18(23)16-6-4-15(5-7-16)12-28(3,24)25/h4-7,11,13-14H,8-10,12H2,1-3H3,(H,20,21,23)/t13-,14-/m1/s1. The van der Waals surface area contributed by atoms with Crippen LogP contribution in [0.15, 0.2) is 29.6 Å². The second kappa shape index (κ2) is 8.69. The predicted molar refractivity (Wildman–Crippen MR) is 110 cm³/mol. The van der Waals surface area contributed by atoms with E-state index in [4.69, 9.17) is 4.74 Å². The number of carbonyl (C=O) groups excluding carboxylic acids is 1. The quantitative estimate of drug-likeness (QED) is 0.768. The number of sulfone groups is 1. The van der Waals surface area contributed by atoms with Gasteiger partial charge < -0.3 is 4.74 Å². The predicted octanol–water partition coefficient (Wildman–Crippen LogP) is 2.55. The van der Waals surface area contributed by atoms with E-state index in [9.17, 15) is 13.2 Å². The van der Waals surface area contributed by atoms with Crippen LogP contribution >= 0.6 is 11.3 Å². The fraction of sp³-hybridized carbons (Fsp3) is 0.474. The SMILES string of the molecule is C[C@@H]1CN(Cc2csc(NC(=O)c3ccc(CS(C)(=O)=O)cc3)n2)C[C@@H](C)O1. The summed E-state index contributed by atoms with van der Waals surface area (Å²) in [4.78, 5) is 19.2. The molecule has 2 heterocycles. The Balaban J connectivity index is 1.58. The van der Waals surface area contributed by atoms with Crippen LogP contribution in [-0.2, 0) is 26.9 Å². The van der Waals surface area contributed by atoms with Crippen molar-refractivity contribution in [2.75, 3.05) is 24.7 Å². The Kier molecular flexibility index (Phi) is 6.49. The van der Waals surface area contributed by atoms with Crippen molar-refractivity contribution in [3.8, 4) is 0 Å². The normalized spacial score (nSPS) is 20.8. The molecule has 1 N–H and O–H groups in total. The number of rotatable bonds is 6. The molecule has 28 heavy (non-hydrogen) atoms. The van der Waals surface area contributed by atoms with Crippen molar-refractivity contribution in [1.29, 1.82) is 0 Å². The Hall–Kier alpha value is -1.81. The van der Waals surface area contributed by atoms with Gasteiger partial charge in [0.05, 0.1) is 23.7 Å². The van der Waals surface area contributed by atoms with Gasteiger partial charge >= 0.3 is 0 Å². The van der Waals surface area contributed by atoms with Gasteiger partial charge in [0.2, 0.25) is 0 Å². The molecular formula is C19H25N3O4S2. The van der Waals surface area contributed by atoms with E-state index in [2.05, 4.69) is 29.0 Å². The summed E-state index contributed by atoms with van der Waals surface area (Å²) in [5.74, 6) is -0.302. The third kappa shape index (κ3) is 6.10. The number of thiazole rings is 1. The van der Waals surface area contributed by atoms with Crippen molar-refractivity contribution in [3.63, 3.8) is 0 Å². The third-order valence-electron chi connectivity index (χ3n) is 4.30. The zero-order chi connectivity index (χ0) is 20.3. The molecule has 0 unspecified atom stereocenters. The highest BCUT2D eigenvalue weighted by molar-refractivity contribution is 7.89. The lowest BCUT2D eigenvalue weighted by Crippen LogP contribution is -2.44. The Bertz CT molecular complexity index is 915. The van der Waals surface area contributed by atoms with E-state index >= 15 is 0 Å². The zero-order valence-corrected chi connectivity index (χ0v) is 17.8. The van der Waals surface area contributed by atoms with Gasteiger partial charge in [-0.2, -0.15) is 0 Å². The molecule has 2 atom stereocenters. The number of benzene rings is 1. The Labute approximate surface area is 169 Å². The van der Waals surface area contributed by atoms with Crippen LogP contribution < -0.4 is 5.32 Å². The minimum Gasteiger partial charge on any atom is -0.373 e. The second-order valence-electron chi connectivity index (χ2n) is 7.32. The highest BCUT2D eigenvalue weighted by Gasteiger charge is 2.22. The molecule has 0 saturated carbocycles. The monoisotopic (exact) mass is 423 g/mol. The second-order valence-corrected chi connectivity index (χ2v) is 10.3. The summed E-state index contributed by atoms with van der Waals surface area (Å²) in [5, 5.41) is 5.31. The van der Waals surface area contributed by atoms with Crippen LogP contribution in [0.5, 0.6) is 0 Å². The van der Waals surface area contributed by atoms with Crippen molar-refractivity contribution in [3.05, 3.63) is 46.5 Å². The molecular weight excluding hydrogens is 398 g/mol. The summed E-state index contributed by atoms with van der Waals surface area (Å²) >= 11 is 1.39. The van der Waals surface area contributed by atoms with E-state index in [0.717, 1.165) is 25.3 Å². The van der Waals surface area contributed by atoms with Crippen LogP contribution in [-0.4, -0.2) is 55.8 Å². The van der Waals surface area contributed by atoms with Crippen molar-refractivity contribution in [1.82, 2.24) is 9.88 Å². The van der Waals surface area contributed by atoms with Gasteiger partial charge in [-0.15, -0.1) is 11.3 Å². The molecule has 7 nitrogen and oxygen atoms in total. The highest BCUT2D eigenvalue weighted by Crippen LogP contribution is 2.20. The number of nitrogens with zero attached hydrogens (tertiary/aromatic N) is 2. The number of anilines is 1. The Morgan fingerprint density at radius 2 is 1.89 bits per heavy atom. The van der Waals surface area contributed by atoms with Crippen LogP contribution in [0.2, 0.25) is 0 Å². The number of hydrogen-bond donors (Lipinski definition) is 1. The fourth-order valence-electron chi connectivity index (χ4n) is 3.30. The molecule has 1 aliphatic heterocycles. The molecule has 0 aliphatic carbocycles. The van der Waals surface area contributed by atoms with Crippen molar-refractivity contribution >= 4 is 32.2 Å². The van der Waals surface area contributed by atoms with Crippen molar-refractivity contribution in [2.45, 2.75) is 38.4 Å². The Morgan fingerprint density at radius 1 is 1.25 bits per heavy atom. The van der Waals surface area contributed by atoms with Gasteiger partial charge in [-0.05, 0) is 31.5 Å². The molecule has 0 bridgehead atoms. The molecule has 1 aromatic heterocycles. The van der Waals surface area contributed by atoms with Gasteiger partial charge in [0.25, 0.3) is 5.91 Å². The largest absolute Gasteiger partial charge is 0.373 e. The zero-order valence-electron chi connectivity index (χ0n) is 16.2. The molecule has 2 aromatic rings. The van der Waals surface area contributed by atoms with E-state index < -0.39 is 9.84 Å². The van der Waals surface area contributed by atoms with Gasteiger partial charge in [0.15, 0.2) is 15.0 Å². The average Bonchev–Trinajstić information content (AvgIpc) is 2.99. The lowest BCUT2D eigenvalue weighted by molar-refractivity contribution is -0.0707. The fourth-order valence-corrected chi connectivity index (χ4v) is 4.80. The van der Waals surface area contributed by atoms with Crippen LogP contribution in [0.1, 0.15) is 35.5 Å². The molecule has 3 rings (SSSR count). The number of carbonyl (C=O) groups is 1. The molecule has 152 valence electrons. The summed E-state index contributed by atoms with van der Waals surface area (Å²) in [6.07, 6.45) is 1.59. The average molecular weight is 424 g/mol. The first-order valence-electron chi connectivity index (χ1n) is 9.08. The van der Waals surface area contributed by atoms with Crippen LogP contribution in [0.3, 0.4) is 0 Å². The van der Waals surface area contributed by atoms with Gasteiger partial charge in [0, 0.05) is 36.8 Å². The topological polar surface area (TPSA) is 88.6 Å². The first kappa shape index (κ1) is 20.9. The number of amides is 1. The van der Waals surface area contributed by atoms with E-state index in [1.165, 1.54) is 17.6 Å². The number of ether oxygens (including phenoxy) is 1. The van der Waals surface area contributed by atoms with Crippen molar-refractivity contribution < 1.29 is 17.9 Å². The molecule has 1 fully saturated rings. The van der Waals surface area contributed by atoms with E-state index in [1.54, 1.807) is 24.3 Å². The first-order chi connectivity index (χ1) is 13.2. The smallest absolute Gasteiger partial charge is 0.257 e. The molecule has 1 aliphatic rings. The maximum atomic E-state index is 12.4. The summed E-state index contributed by atoms with van der Waals surface area (Å²) in [6.45, 7) is 6.59. The number of aromatic nitrogens is 1. The van der Waals surface area contributed by atoms with Crippen LogP contribution in [0.4, 0.5) is 5.13 Å². The van der Waals surface area contributed by atoms with Gasteiger partial charge in [-0.25, -0.2) is 13.4 Å². The lowest BCUT2D eigenvalue weighted by atomic mass is 10.1. The van der Waals surface area contributed by atoms with E-state index in [-0.39, 0.29) is 23.9 Å². The summed E-state index contributed by atoms with van der Waals surface area (Å²) in [5.41, 5.74) is 2.04. The summed E-state index contributed by atoms with van der Waals surface area (Å²) in [7, 11) is -3.10. The minimum absolute atomic E-state index is 0.0382. The third-order valence-corrected chi connectivity index (χ3v) is 5.96. The number of nitrogens with one attached hydrogen (secondary N) is 1. The maximum absolute atomic E-state index is 12.4. The number of morpholine rings is 1. The van der Waals surface area contributed by atoms with Crippen LogP contribution in [0, 0.1) is 0 Å². The maximum Gasteiger partial charge on any atom is 0.257 e. The van der Waals surface area contributed by atoms with E-state index in [1.807, 2.05) is 5.38 Å². The van der Waals surface area contributed by atoms with Crippen LogP contribution in [0.25, 0.3) is 0 Å². The Morgan fingerprint density at radius 3 is 2.50 bits per heavy atom. The van der Waals surface area contributed by atoms with Crippen molar-refractivity contribution in [2.24, 2.45) is 0 Å². The molecule has 0 radical (unpaired) electrons. The first-order valence-corrected chi connectivity index (χ1v) is 12.0. The molecule has 9 heteroatoms. The lowest BCUT2D eigenvalue weighted by Gasteiger charge is -2.34. The summed E-state index contributed by atoms with van der Waals surface area (Å²) < 4.78 is 28.4. The van der Waals surface area contributed by atoms with Gasteiger partial charge in [-0.1, -0.05) is 12.1 Å². The molecule has 1 saturated heterocycles. The van der Waals surface area contributed by atoms with Gasteiger partial charge in [0.1, 0.15) is 0 Å². The highest BCUT2D eigenvalue weighted by atomic mass is 32.2. The molecule has 1 amide bonds.